The van der Waals surface area contributed by atoms with Gasteiger partial charge in [-0.1, -0.05) is 60.7 Å². The molecular weight excluding hydrogens is 1050 g/mol. The molecule has 0 radical (unpaired) electrons. The Morgan fingerprint density at radius 3 is 1.00 bits per heavy atom. The van der Waals surface area contributed by atoms with Gasteiger partial charge < -0.3 is 82.0 Å². The molecule has 1 saturated heterocycles. The number of nitrogens with one attached hydrogen (secondary N) is 6. The zero-order chi connectivity index (χ0) is 58.6. The highest BCUT2D eigenvalue weighted by Crippen LogP contribution is 2.19. The van der Waals surface area contributed by atoms with Gasteiger partial charge in [0.05, 0.1) is 26.3 Å². The lowest BCUT2D eigenvalue weighted by Gasteiger charge is -2.36. The van der Waals surface area contributed by atoms with Crippen LogP contribution in [-0.2, 0) is 32.3 Å². The SMILES string of the molecule is N=C(N)c1ccc(OCC(CN2CCN(CC(COc3ccc(C(=N)N)cc3)OCc3ccccc3)C(=O)C2=O)OCc2ccccc2)cc1.N=C(N)c1ccc(OCC(O)CNCCNCC(O)COc2ccc(C(=N)N)cc2)cc1. The van der Waals surface area contributed by atoms with Gasteiger partial charge >= 0.3 is 11.8 Å². The molecule has 1 heterocycles. The van der Waals surface area contributed by atoms with Crippen molar-refractivity contribution in [2.24, 2.45) is 22.9 Å². The molecule has 22 nitrogen and oxygen atoms in total. The smallest absolute Gasteiger partial charge is 0.312 e. The van der Waals surface area contributed by atoms with Crippen molar-refractivity contribution in [3.8, 4) is 23.0 Å². The summed E-state index contributed by atoms with van der Waals surface area (Å²) < 4.78 is 35.4. The summed E-state index contributed by atoms with van der Waals surface area (Å²) in [4.78, 5) is 29.9. The van der Waals surface area contributed by atoms with Crippen LogP contribution >= 0.6 is 0 Å². The van der Waals surface area contributed by atoms with Crippen molar-refractivity contribution in [2.45, 2.75) is 37.6 Å². The van der Waals surface area contributed by atoms with Crippen molar-refractivity contribution in [1.82, 2.24) is 20.4 Å². The van der Waals surface area contributed by atoms with E-state index in [-0.39, 0.29) is 62.9 Å². The first kappa shape index (κ1) is 62.3. The number of carbonyl (C=O) groups excluding carboxylic acids is 2. The number of aliphatic hydroxyl groups excluding tert-OH is 2. The van der Waals surface area contributed by atoms with E-state index in [2.05, 4.69) is 10.6 Å². The summed E-state index contributed by atoms with van der Waals surface area (Å²) >= 11 is 0. The minimum absolute atomic E-state index is 0.00474. The number of amides is 2. The number of hydrogen-bond donors (Lipinski definition) is 12. The normalized spacial score (nSPS) is 13.6. The quantitative estimate of drug-likeness (QED) is 0.0122. The Morgan fingerprint density at radius 2 is 0.720 bits per heavy atom. The van der Waals surface area contributed by atoms with E-state index < -0.39 is 36.2 Å². The number of nitrogens with two attached hydrogens (primary N) is 4. The molecule has 1 aliphatic heterocycles. The molecule has 22 heteroatoms. The fraction of sp³-hybridized carbons (Fsp3) is 0.300. The monoisotopic (exact) mass is 1120 g/mol. The van der Waals surface area contributed by atoms with Crippen molar-refractivity contribution in [1.29, 1.82) is 21.6 Å². The number of piperazine rings is 1. The lowest BCUT2D eigenvalue weighted by Crippen LogP contribution is -2.58. The number of rotatable bonds is 33. The first-order valence-corrected chi connectivity index (χ1v) is 26.6. The topological polar surface area (TPSA) is 360 Å². The van der Waals surface area contributed by atoms with E-state index in [9.17, 15) is 19.8 Å². The third kappa shape index (κ3) is 21.6. The molecule has 6 aromatic rings. The molecule has 0 bridgehead atoms. The first-order valence-electron chi connectivity index (χ1n) is 26.6. The van der Waals surface area contributed by atoms with Gasteiger partial charge in [0.2, 0.25) is 0 Å². The van der Waals surface area contributed by atoms with E-state index >= 15 is 0 Å². The number of amidine groups is 4. The molecule has 6 aromatic carbocycles. The molecule has 0 spiro atoms. The van der Waals surface area contributed by atoms with E-state index in [1.165, 1.54) is 9.80 Å². The van der Waals surface area contributed by atoms with Crippen LogP contribution in [0.15, 0.2) is 158 Å². The van der Waals surface area contributed by atoms with Crippen LogP contribution in [0.3, 0.4) is 0 Å². The Labute approximate surface area is 477 Å². The van der Waals surface area contributed by atoms with Crippen LogP contribution in [0.25, 0.3) is 0 Å². The summed E-state index contributed by atoms with van der Waals surface area (Å²) in [5, 5.41) is 56.1. The lowest BCUT2D eigenvalue weighted by molar-refractivity contribution is -0.159. The van der Waals surface area contributed by atoms with Gasteiger partial charge in [0.25, 0.3) is 0 Å². The summed E-state index contributed by atoms with van der Waals surface area (Å²) in [6.07, 6.45) is -2.40. The molecule has 4 atom stereocenters. The van der Waals surface area contributed by atoms with E-state index in [0.717, 1.165) is 11.1 Å². The van der Waals surface area contributed by atoms with E-state index in [0.29, 0.717) is 97.7 Å². The minimum Gasteiger partial charge on any atom is -0.491 e. The fourth-order valence-corrected chi connectivity index (χ4v) is 7.96. The van der Waals surface area contributed by atoms with Gasteiger partial charge in [-0.3, -0.25) is 31.2 Å². The third-order valence-corrected chi connectivity index (χ3v) is 12.6. The number of aliphatic hydroxyl groups is 2. The number of nitrogen functional groups attached to an aromatic ring is 4. The van der Waals surface area contributed by atoms with Gasteiger partial charge in [0.15, 0.2) is 0 Å². The second kappa shape index (κ2) is 33.0. The molecule has 1 aliphatic rings. The first-order chi connectivity index (χ1) is 39.6. The summed E-state index contributed by atoms with van der Waals surface area (Å²) in [7, 11) is 0. The van der Waals surface area contributed by atoms with Crippen LogP contribution in [0, 0.1) is 21.6 Å². The van der Waals surface area contributed by atoms with E-state index in [1.807, 2.05) is 60.7 Å². The highest BCUT2D eigenvalue weighted by atomic mass is 16.5. The van der Waals surface area contributed by atoms with Crippen molar-refractivity contribution in [2.75, 3.05) is 78.8 Å². The summed E-state index contributed by atoms with van der Waals surface area (Å²) in [6.45, 7) is 4.06. The number of hydrogen-bond acceptors (Lipinski definition) is 16. The van der Waals surface area contributed by atoms with Gasteiger partial charge in [-0.05, 0) is 108 Å². The predicted molar refractivity (Wildman–Crippen MR) is 313 cm³/mol. The van der Waals surface area contributed by atoms with Gasteiger partial charge in [-0.25, -0.2) is 0 Å². The summed E-state index contributed by atoms with van der Waals surface area (Å²) in [6, 6.07) is 46.6. The molecule has 0 saturated carbocycles. The molecule has 0 aliphatic carbocycles. The Balaban J connectivity index is 0.000000292. The molecule has 82 heavy (non-hydrogen) atoms. The lowest BCUT2D eigenvalue weighted by atomic mass is 10.2. The molecular formula is C60H74N12O10. The average molecular weight is 1120 g/mol. The van der Waals surface area contributed by atoms with Gasteiger partial charge in [-0.2, -0.15) is 0 Å². The fourth-order valence-electron chi connectivity index (χ4n) is 7.96. The predicted octanol–water partition coefficient (Wildman–Crippen LogP) is 3.17. The molecule has 0 aromatic heterocycles. The van der Waals surface area contributed by atoms with E-state index in [4.69, 9.17) is 73.0 Å². The van der Waals surface area contributed by atoms with Crippen molar-refractivity contribution in [3.05, 3.63) is 191 Å². The van der Waals surface area contributed by atoms with Gasteiger partial charge in [0.1, 0.15) is 97.2 Å². The van der Waals surface area contributed by atoms with Crippen molar-refractivity contribution in [3.63, 3.8) is 0 Å². The molecule has 7 rings (SSSR count). The average Bonchev–Trinajstić information content (AvgIpc) is 3.63. The number of carbonyl (C=O) groups is 2. The van der Waals surface area contributed by atoms with E-state index in [1.54, 1.807) is 97.1 Å². The van der Waals surface area contributed by atoms with Crippen LogP contribution < -0.4 is 52.5 Å². The van der Waals surface area contributed by atoms with Crippen molar-refractivity contribution >= 4 is 35.2 Å². The maximum Gasteiger partial charge on any atom is 0.312 e. The Kier molecular flexibility index (Phi) is 25.1. The van der Waals surface area contributed by atoms with Crippen LogP contribution in [0.1, 0.15) is 33.4 Å². The number of nitrogens with zero attached hydrogens (tertiary/aromatic N) is 2. The second-order valence-electron chi connectivity index (χ2n) is 19.1. The maximum absolute atomic E-state index is 13.5. The Bertz CT molecular complexity index is 2740. The highest BCUT2D eigenvalue weighted by molar-refractivity contribution is 6.35. The van der Waals surface area contributed by atoms with Gasteiger partial charge in [0, 0.05) is 61.5 Å². The highest BCUT2D eigenvalue weighted by Gasteiger charge is 2.35. The number of benzene rings is 6. The molecule has 1 fully saturated rings. The zero-order valence-corrected chi connectivity index (χ0v) is 45.6. The Morgan fingerprint density at radius 1 is 0.439 bits per heavy atom. The molecule has 2 amide bonds. The standard InChI is InChI=1S/C38H42N6O6.C22H32N6O4/c39-35(40)29-11-15-31(16-12-29)49-25-33(47-23-27-7-3-1-4-8-27)21-43-19-20-44(38(46)37(43)45)22-34(48-24-28-9-5-2-6-10-28)26-50-32-17-13-30(14-18-32)36(41)42;23-21(24)15-1-5-19(6-2-15)31-13-17(29)11-27-9-10-28-12-18(30)14-32-20-7-3-16(4-8-20)22(25)26/h1-18,33-34H,19-26H2,(H3,39,40)(H3,41,42);1-8,17-18,27-30H,9-14H2,(H3,23,24)(H3,25,26). The molecule has 4 unspecified atom stereocenters. The van der Waals surface area contributed by atoms with Crippen LogP contribution in [0.5, 0.6) is 23.0 Å². The van der Waals surface area contributed by atoms with Gasteiger partial charge in [-0.15, -0.1) is 0 Å². The second-order valence-corrected chi connectivity index (χ2v) is 19.1. The summed E-state index contributed by atoms with van der Waals surface area (Å²) in [5.41, 5.74) is 26.3. The summed E-state index contributed by atoms with van der Waals surface area (Å²) in [5.74, 6) is 0.988. The Hall–Kier alpha value is -8.90. The van der Waals surface area contributed by atoms with Crippen molar-refractivity contribution < 1.29 is 48.2 Å². The van der Waals surface area contributed by atoms with Crippen LogP contribution in [-0.4, -0.2) is 158 Å². The van der Waals surface area contributed by atoms with Crippen LogP contribution in [0.4, 0.5) is 0 Å². The largest absolute Gasteiger partial charge is 0.491 e. The minimum atomic E-state index is -0.670. The molecule has 434 valence electrons. The van der Waals surface area contributed by atoms with Crippen LogP contribution in [0.2, 0.25) is 0 Å². The number of ether oxygens (including phenoxy) is 6. The third-order valence-electron chi connectivity index (χ3n) is 12.6. The maximum atomic E-state index is 13.5. The zero-order valence-electron chi connectivity index (χ0n) is 45.6. The molecule has 16 N–H and O–H groups in total.